The van der Waals surface area contributed by atoms with Crippen LogP contribution in [0.25, 0.3) is 16.8 Å². The van der Waals surface area contributed by atoms with Crippen molar-refractivity contribution in [2.75, 3.05) is 0 Å². The van der Waals surface area contributed by atoms with E-state index >= 15 is 0 Å². The molecule has 3 heteroatoms. The van der Waals surface area contributed by atoms with Gasteiger partial charge in [0.05, 0.1) is 0 Å². The summed E-state index contributed by atoms with van der Waals surface area (Å²) in [6, 6.07) is 21.8. The van der Waals surface area contributed by atoms with Crippen LogP contribution in [-0.4, -0.2) is 11.9 Å². The van der Waals surface area contributed by atoms with Crippen molar-refractivity contribution in [2.45, 2.75) is 6.92 Å². The van der Waals surface area contributed by atoms with Gasteiger partial charge in [-0.25, -0.2) is 9.79 Å². The lowest BCUT2D eigenvalue weighted by Gasteiger charge is -2.01. The number of carbonyl (C=O) groups excluding carboxylic acids is 1. The van der Waals surface area contributed by atoms with Crippen LogP contribution in [0.3, 0.4) is 0 Å². The average molecular weight is 313 g/mol. The maximum absolute atomic E-state index is 12.2. The maximum Gasteiger partial charge on any atom is 0.363 e. The number of hydrogen-bond acceptors (Lipinski definition) is 3. The number of fused-ring (bicyclic) bond motifs is 1. The van der Waals surface area contributed by atoms with E-state index in [2.05, 4.69) is 4.99 Å². The van der Waals surface area contributed by atoms with Crippen molar-refractivity contribution in [3.05, 3.63) is 89.1 Å². The summed E-state index contributed by atoms with van der Waals surface area (Å²) >= 11 is 0. The molecule has 0 saturated carbocycles. The van der Waals surface area contributed by atoms with Crippen LogP contribution in [0.4, 0.5) is 0 Å². The van der Waals surface area contributed by atoms with Crippen molar-refractivity contribution in [1.29, 1.82) is 0 Å². The molecule has 0 atom stereocenters. The molecule has 0 unspecified atom stereocenters. The first-order valence-electron chi connectivity index (χ1n) is 7.78. The van der Waals surface area contributed by atoms with Gasteiger partial charge in [0.15, 0.2) is 5.70 Å². The van der Waals surface area contributed by atoms with Crippen LogP contribution < -0.4 is 0 Å². The minimum atomic E-state index is -0.418. The van der Waals surface area contributed by atoms with Gasteiger partial charge in [-0.2, -0.15) is 0 Å². The molecule has 1 aliphatic heterocycles. The SMILES string of the molecule is Cc1ccc(C2=N/C(=C/c3cccc4ccccc34)C(=O)O2)cc1. The van der Waals surface area contributed by atoms with E-state index < -0.39 is 5.97 Å². The monoisotopic (exact) mass is 313 g/mol. The Hall–Kier alpha value is -3.20. The molecule has 1 aliphatic rings. The Bertz CT molecular complexity index is 993. The molecule has 24 heavy (non-hydrogen) atoms. The van der Waals surface area contributed by atoms with Gasteiger partial charge in [0.1, 0.15) is 0 Å². The van der Waals surface area contributed by atoms with Crippen LogP contribution in [0.1, 0.15) is 16.7 Å². The number of esters is 1. The van der Waals surface area contributed by atoms with Crippen molar-refractivity contribution in [2.24, 2.45) is 4.99 Å². The van der Waals surface area contributed by atoms with Crippen LogP contribution in [0, 0.1) is 6.92 Å². The molecule has 0 fully saturated rings. The first-order valence-corrected chi connectivity index (χ1v) is 7.78. The highest BCUT2D eigenvalue weighted by molar-refractivity contribution is 6.13. The Balaban J connectivity index is 1.76. The van der Waals surface area contributed by atoms with Gasteiger partial charge in [-0.15, -0.1) is 0 Å². The third-order valence-corrected chi connectivity index (χ3v) is 4.03. The summed E-state index contributed by atoms with van der Waals surface area (Å²) in [5, 5.41) is 2.21. The van der Waals surface area contributed by atoms with Crippen molar-refractivity contribution >= 4 is 28.7 Å². The maximum atomic E-state index is 12.2. The summed E-state index contributed by atoms with van der Waals surface area (Å²) in [5.41, 5.74) is 3.22. The summed E-state index contributed by atoms with van der Waals surface area (Å²) in [6.07, 6.45) is 1.78. The normalized spacial score (nSPS) is 15.6. The first-order chi connectivity index (χ1) is 11.7. The van der Waals surface area contributed by atoms with Gasteiger partial charge < -0.3 is 4.74 Å². The molecule has 0 bridgehead atoms. The molecule has 3 nitrogen and oxygen atoms in total. The smallest absolute Gasteiger partial charge is 0.363 e. The number of aryl methyl sites for hydroxylation is 1. The third kappa shape index (κ3) is 2.61. The summed E-state index contributed by atoms with van der Waals surface area (Å²) in [4.78, 5) is 16.5. The lowest BCUT2D eigenvalue weighted by molar-refractivity contribution is -0.129. The minimum Gasteiger partial charge on any atom is -0.402 e. The van der Waals surface area contributed by atoms with Crippen molar-refractivity contribution < 1.29 is 9.53 Å². The van der Waals surface area contributed by atoms with Crippen LogP contribution in [0.15, 0.2) is 77.4 Å². The highest BCUT2D eigenvalue weighted by Gasteiger charge is 2.24. The molecule has 4 rings (SSSR count). The van der Waals surface area contributed by atoms with Crippen LogP contribution in [0.5, 0.6) is 0 Å². The van der Waals surface area contributed by atoms with E-state index in [9.17, 15) is 4.79 Å². The second kappa shape index (κ2) is 5.78. The second-order valence-electron chi connectivity index (χ2n) is 5.77. The lowest BCUT2D eigenvalue weighted by atomic mass is 10.0. The summed E-state index contributed by atoms with van der Waals surface area (Å²) in [5.74, 6) is -0.0648. The highest BCUT2D eigenvalue weighted by Crippen LogP contribution is 2.24. The quantitative estimate of drug-likeness (QED) is 0.516. The van der Waals surface area contributed by atoms with E-state index in [1.54, 1.807) is 6.08 Å². The van der Waals surface area contributed by atoms with E-state index in [0.717, 1.165) is 27.5 Å². The first kappa shape index (κ1) is 14.4. The van der Waals surface area contributed by atoms with E-state index in [1.165, 1.54) is 0 Å². The van der Waals surface area contributed by atoms with Gasteiger partial charge in [0, 0.05) is 5.56 Å². The summed E-state index contributed by atoms with van der Waals surface area (Å²) in [7, 11) is 0. The van der Waals surface area contributed by atoms with Gasteiger partial charge in [-0.3, -0.25) is 0 Å². The zero-order chi connectivity index (χ0) is 16.5. The molecule has 0 aliphatic carbocycles. The average Bonchev–Trinajstić information content (AvgIpc) is 2.97. The number of nitrogens with zero attached hydrogens (tertiary/aromatic N) is 1. The number of aliphatic imine (C=N–C) groups is 1. The number of hydrogen-bond donors (Lipinski definition) is 0. The molecule has 0 N–H and O–H groups in total. The molecular formula is C21H15NO2. The summed E-state index contributed by atoms with van der Waals surface area (Å²) < 4.78 is 5.33. The van der Waals surface area contributed by atoms with E-state index in [1.807, 2.05) is 73.7 Å². The van der Waals surface area contributed by atoms with E-state index in [0.29, 0.717) is 11.6 Å². The number of ether oxygens (including phenoxy) is 1. The molecule has 3 aromatic rings. The zero-order valence-corrected chi connectivity index (χ0v) is 13.2. The molecule has 0 spiro atoms. The van der Waals surface area contributed by atoms with Crippen molar-refractivity contribution in [3.8, 4) is 0 Å². The lowest BCUT2D eigenvalue weighted by Crippen LogP contribution is -2.05. The molecular weight excluding hydrogens is 298 g/mol. The Morgan fingerprint density at radius 1 is 0.917 bits per heavy atom. The fourth-order valence-corrected chi connectivity index (χ4v) is 2.75. The highest BCUT2D eigenvalue weighted by atomic mass is 16.6. The van der Waals surface area contributed by atoms with Crippen LogP contribution in [0.2, 0.25) is 0 Å². The fraction of sp³-hybridized carbons (Fsp3) is 0.0476. The van der Waals surface area contributed by atoms with Gasteiger partial charge in [-0.1, -0.05) is 60.2 Å². The minimum absolute atomic E-state index is 0.321. The molecule has 3 aromatic carbocycles. The topological polar surface area (TPSA) is 38.7 Å². The van der Waals surface area contributed by atoms with Gasteiger partial charge in [-0.05, 0) is 41.5 Å². The Labute approximate surface area is 139 Å². The second-order valence-corrected chi connectivity index (χ2v) is 5.77. The number of benzene rings is 3. The van der Waals surface area contributed by atoms with Crippen LogP contribution >= 0.6 is 0 Å². The molecule has 0 saturated heterocycles. The third-order valence-electron chi connectivity index (χ3n) is 4.03. The van der Waals surface area contributed by atoms with Crippen LogP contribution in [-0.2, 0) is 9.53 Å². The Kier molecular flexibility index (Phi) is 3.47. The predicted octanol–water partition coefficient (Wildman–Crippen LogP) is 4.49. The number of cyclic esters (lactones) is 1. The van der Waals surface area contributed by atoms with Crippen molar-refractivity contribution in [1.82, 2.24) is 0 Å². The number of rotatable bonds is 2. The molecule has 1 heterocycles. The van der Waals surface area contributed by atoms with Gasteiger partial charge >= 0.3 is 5.97 Å². The van der Waals surface area contributed by atoms with Crippen molar-refractivity contribution in [3.63, 3.8) is 0 Å². The molecule has 0 amide bonds. The zero-order valence-electron chi connectivity index (χ0n) is 13.2. The van der Waals surface area contributed by atoms with E-state index in [-0.39, 0.29) is 0 Å². The number of carbonyl (C=O) groups is 1. The standard InChI is InChI=1S/C21H15NO2/c1-14-9-11-16(12-10-14)20-22-19(21(23)24-20)13-17-7-4-6-15-5-2-3-8-18(15)17/h2-13H,1H3/b19-13+. The summed E-state index contributed by atoms with van der Waals surface area (Å²) in [6.45, 7) is 2.01. The predicted molar refractivity (Wildman–Crippen MR) is 95.7 cm³/mol. The van der Waals surface area contributed by atoms with Gasteiger partial charge in [0.25, 0.3) is 0 Å². The Morgan fingerprint density at radius 2 is 1.67 bits per heavy atom. The largest absolute Gasteiger partial charge is 0.402 e. The molecule has 0 radical (unpaired) electrons. The molecule has 0 aromatic heterocycles. The van der Waals surface area contributed by atoms with E-state index in [4.69, 9.17) is 4.74 Å². The van der Waals surface area contributed by atoms with Gasteiger partial charge in [0.2, 0.25) is 5.90 Å². The molecule has 116 valence electrons. The fourth-order valence-electron chi connectivity index (χ4n) is 2.75. The Morgan fingerprint density at radius 3 is 2.50 bits per heavy atom.